The highest BCUT2D eigenvalue weighted by molar-refractivity contribution is 6.24. The molecule has 0 spiro atoms. The van der Waals surface area contributed by atoms with Crippen LogP contribution in [0.15, 0.2) is 0 Å². The van der Waals surface area contributed by atoms with Crippen LogP contribution in [0.25, 0.3) is 0 Å². The second kappa shape index (κ2) is 4.86. The fourth-order valence-electron chi connectivity index (χ4n) is 0.923. The lowest BCUT2D eigenvalue weighted by Crippen LogP contribution is -2.59. The number of hydrogen-bond donors (Lipinski definition) is 2. The Labute approximate surface area is 85.5 Å². The monoisotopic (exact) mass is 230 g/mol. The van der Waals surface area contributed by atoms with Crippen LogP contribution >= 0.6 is 11.6 Å². The second-order valence-electron chi connectivity index (χ2n) is 2.85. The van der Waals surface area contributed by atoms with Gasteiger partial charge in [0, 0.05) is 0 Å². The number of alkyl halides is 3. The minimum absolute atomic E-state index is 0.142. The lowest BCUT2D eigenvalue weighted by molar-refractivity contribution is -0.156. The van der Waals surface area contributed by atoms with E-state index in [4.69, 9.17) is 23.1 Å². The van der Waals surface area contributed by atoms with Gasteiger partial charge in [0.1, 0.15) is 0 Å². The Morgan fingerprint density at radius 2 is 2.07 bits per heavy atom. The molecule has 84 valence electrons. The third-order valence-electron chi connectivity index (χ3n) is 1.83. The van der Waals surface area contributed by atoms with Gasteiger partial charge in [0.2, 0.25) is 0 Å². The number of hydrogen-bond acceptors (Lipinski definition) is 4. The van der Waals surface area contributed by atoms with Crippen molar-refractivity contribution >= 4 is 17.6 Å². The molecule has 7 heteroatoms. The summed E-state index contributed by atoms with van der Waals surface area (Å²) in [6.45, 7) is 0.142. The first kappa shape index (κ1) is 13.5. The van der Waals surface area contributed by atoms with Crippen molar-refractivity contribution in [2.45, 2.75) is 23.8 Å². The van der Waals surface area contributed by atoms with Gasteiger partial charge in [0.25, 0.3) is 0 Å². The van der Waals surface area contributed by atoms with Crippen molar-refractivity contribution in [1.82, 2.24) is 0 Å². The Balaban J connectivity index is 4.76. The predicted octanol–water partition coefficient (Wildman–Crippen LogP) is 0.427. The average Bonchev–Trinajstić information content (AvgIpc) is 2.10. The van der Waals surface area contributed by atoms with Gasteiger partial charge in [-0.15, -0.1) is 0 Å². The summed E-state index contributed by atoms with van der Waals surface area (Å²) in [6, 6.07) is 0. The second-order valence-corrected chi connectivity index (χ2v) is 3.33. The molecule has 0 aliphatic rings. The van der Waals surface area contributed by atoms with Gasteiger partial charge in [-0.2, -0.15) is 8.78 Å². The number of carbonyl (C=O) groups excluding carboxylic acids is 1. The summed E-state index contributed by atoms with van der Waals surface area (Å²) < 4.78 is 29.8. The van der Waals surface area contributed by atoms with Crippen molar-refractivity contribution in [1.29, 1.82) is 0 Å². The lowest BCUT2D eigenvalue weighted by atomic mass is 9.95. The Morgan fingerprint density at radius 1 is 1.57 bits per heavy atom. The molecule has 0 aliphatic heterocycles. The predicted molar refractivity (Wildman–Crippen MR) is 48.0 cm³/mol. The third-order valence-corrected chi connectivity index (χ3v) is 2.17. The Kier molecular flexibility index (Phi) is 4.70. The highest BCUT2D eigenvalue weighted by Gasteiger charge is 2.55. The normalized spacial score (nSPS) is 16.1. The highest BCUT2D eigenvalue weighted by atomic mass is 35.5. The van der Waals surface area contributed by atoms with Gasteiger partial charge in [0.05, 0.1) is 7.11 Å². The molecule has 14 heavy (non-hydrogen) atoms. The number of ether oxygens (including phenoxy) is 1. The zero-order valence-electron chi connectivity index (χ0n) is 7.73. The SMILES string of the molecule is COC(=O)[C@@](N)(CCCN)C(F)(F)Cl. The molecule has 0 aliphatic carbocycles. The van der Waals surface area contributed by atoms with Crippen LogP contribution in [0.1, 0.15) is 12.8 Å². The van der Waals surface area contributed by atoms with Gasteiger partial charge in [-0.3, -0.25) is 0 Å². The van der Waals surface area contributed by atoms with Crippen LogP contribution in [0.5, 0.6) is 0 Å². The molecule has 0 radical (unpaired) electrons. The zero-order valence-corrected chi connectivity index (χ0v) is 8.48. The molecule has 0 saturated heterocycles. The van der Waals surface area contributed by atoms with Crippen LogP contribution in [0.3, 0.4) is 0 Å². The van der Waals surface area contributed by atoms with Crippen LogP contribution in [0.4, 0.5) is 8.78 Å². The molecular weight excluding hydrogens is 218 g/mol. The van der Waals surface area contributed by atoms with E-state index in [0.29, 0.717) is 0 Å². The van der Waals surface area contributed by atoms with E-state index in [-0.39, 0.29) is 19.4 Å². The standard InChI is InChI=1S/C7H13ClF2N2O2/c1-14-5(13)6(12,3-2-4-11)7(8,9)10/h2-4,11-12H2,1H3/t6-/m0/s1. The summed E-state index contributed by atoms with van der Waals surface area (Å²) in [6.07, 6.45) is -0.166. The first-order chi connectivity index (χ1) is 6.29. The molecule has 0 saturated carbocycles. The van der Waals surface area contributed by atoms with Crippen molar-refractivity contribution in [3.8, 4) is 0 Å². The minimum atomic E-state index is -3.85. The molecule has 4 N–H and O–H groups in total. The summed E-state index contributed by atoms with van der Waals surface area (Å²) in [5.41, 5.74) is 7.82. The topological polar surface area (TPSA) is 78.3 Å². The van der Waals surface area contributed by atoms with Gasteiger partial charge in [-0.25, -0.2) is 4.79 Å². The van der Waals surface area contributed by atoms with Crippen molar-refractivity contribution in [3.63, 3.8) is 0 Å². The molecule has 0 heterocycles. The molecule has 0 unspecified atom stereocenters. The third kappa shape index (κ3) is 2.76. The van der Waals surface area contributed by atoms with E-state index in [0.717, 1.165) is 7.11 Å². The fraction of sp³-hybridized carbons (Fsp3) is 0.857. The van der Waals surface area contributed by atoms with Crippen molar-refractivity contribution in [2.75, 3.05) is 13.7 Å². The number of halogens is 3. The van der Waals surface area contributed by atoms with Gasteiger partial charge < -0.3 is 16.2 Å². The van der Waals surface area contributed by atoms with Crippen molar-refractivity contribution in [2.24, 2.45) is 11.5 Å². The van der Waals surface area contributed by atoms with Crippen molar-refractivity contribution < 1.29 is 18.3 Å². The fourth-order valence-corrected chi connectivity index (χ4v) is 1.09. The van der Waals surface area contributed by atoms with Crippen molar-refractivity contribution in [3.05, 3.63) is 0 Å². The smallest absolute Gasteiger partial charge is 0.350 e. The zero-order chi connectivity index (χ0) is 11.4. The van der Waals surface area contributed by atoms with E-state index in [1.807, 2.05) is 0 Å². The molecule has 0 fully saturated rings. The Morgan fingerprint density at radius 3 is 2.36 bits per heavy atom. The summed E-state index contributed by atoms with van der Waals surface area (Å²) in [4.78, 5) is 11.0. The van der Waals surface area contributed by atoms with E-state index in [1.165, 1.54) is 0 Å². The summed E-state index contributed by atoms with van der Waals surface area (Å²) in [5.74, 6) is -1.24. The molecule has 0 aromatic heterocycles. The van der Waals surface area contributed by atoms with E-state index < -0.39 is 16.9 Å². The number of esters is 1. The van der Waals surface area contributed by atoms with Crippen LogP contribution in [0, 0.1) is 0 Å². The van der Waals surface area contributed by atoms with Gasteiger partial charge in [-0.1, -0.05) is 0 Å². The molecule has 0 aromatic rings. The first-order valence-corrected chi connectivity index (χ1v) is 4.31. The molecule has 0 bridgehead atoms. The maximum Gasteiger partial charge on any atom is 0.350 e. The lowest BCUT2D eigenvalue weighted by Gasteiger charge is -2.29. The Hall–Kier alpha value is -0.460. The van der Waals surface area contributed by atoms with E-state index >= 15 is 0 Å². The number of carbonyl (C=O) groups is 1. The molecule has 0 aromatic carbocycles. The molecule has 1 atom stereocenters. The molecule has 0 rings (SSSR count). The summed E-state index contributed by atoms with van der Waals surface area (Å²) in [7, 11) is 0.967. The van der Waals surface area contributed by atoms with Crippen LogP contribution in [0.2, 0.25) is 0 Å². The van der Waals surface area contributed by atoms with Crippen LogP contribution < -0.4 is 11.5 Å². The molecule has 0 amide bonds. The van der Waals surface area contributed by atoms with Gasteiger partial charge in [-0.05, 0) is 31.0 Å². The number of nitrogens with two attached hydrogens (primary N) is 2. The van der Waals surface area contributed by atoms with E-state index in [2.05, 4.69) is 4.74 Å². The largest absolute Gasteiger partial charge is 0.467 e. The Bertz CT molecular complexity index is 210. The van der Waals surface area contributed by atoms with Gasteiger partial charge >= 0.3 is 11.4 Å². The van der Waals surface area contributed by atoms with Gasteiger partial charge in [0.15, 0.2) is 5.54 Å². The maximum absolute atomic E-state index is 12.8. The first-order valence-electron chi connectivity index (χ1n) is 3.93. The number of methoxy groups -OCH3 is 1. The molecule has 4 nitrogen and oxygen atoms in total. The van der Waals surface area contributed by atoms with Crippen LogP contribution in [-0.4, -0.2) is 30.5 Å². The summed E-state index contributed by atoms with van der Waals surface area (Å²) in [5, 5.41) is -3.85. The quantitative estimate of drug-likeness (QED) is 0.530. The highest BCUT2D eigenvalue weighted by Crippen LogP contribution is 2.35. The average molecular weight is 231 g/mol. The van der Waals surface area contributed by atoms with E-state index in [9.17, 15) is 13.6 Å². The summed E-state index contributed by atoms with van der Waals surface area (Å²) >= 11 is 4.75. The molecular formula is C7H13ClF2N2O2. The minimum Gasteiger partial charge on any atom is -0.467 e. The number of rotatable bonds is 5. The maximum atomic E-state index is 12.8. The van der Waals surface area contributed by atoms with E-state index in [1.54, 1.807) is 0 Å². The van der Waals surface area contributed by atoms with Crippen LogP contribution in [-0.2, 0) is 9.53 Å².